The van der Waals surface area contributed by atoms with Gasteiger partial charge in [0.25, 0.3) is 5.91 Å². The molecular formula is C13H16FN3O3S. The number of sulfonamides is 1. The van der Waals surface area contributed by atoms with E-state index in [0.717, 1.165) is 12.3 Å². The Morgan fingerprint density at radius 1 is 1.38 bits per heavy atom. The molecule has 0 aliphatic rings. The third-order valence-electron chi connectivity index (χ3n) is 2.33. The Labute approximate surface area is 123 Å². The van der Waals surface area contributed by atoms with E-state index >= 15 is 0 Å². The van der Waals surface area contributed by atoms with Crippen molar-refractivity contribution in [3.63, 3.8) is 0 Å². The van der Waals surface area contributed by atoms with Crippen LogP contribution in [-0.4, -0.2) is 40.2 Å². The summed E-state index contributed by atoms with van der Waals surface area (Å²) in [6.45, 7) is 0.282. The molecule has 0 fully saturated rings. The van der Waals surface area contributed by atoms with Crippen molar-refractivity contribution < 1.29 is 17.6 Å². The first kappa shape index (κ1) is 17.1. The second kappa shape index (κ2) is 7.73. The van der Waals surface area contributed by atoms with E-state index in [-0.39, 0.29) is 30.8 Å². The largest absolute Gasteiger partial charge is 0.351 e. The van der Waals surface area contributed by atoms with Crippen LogP contribution >= 0.6 is 0 Å². The van der Waals surface area contributed by atoms with E-state index in [1.54, 1.807) is 0 Å². The van der Waals surface area contributed by atoms with Gasteiger partial charge in [-0.15, -0.1) is 0 Å². The maximum Gasteiger partial charge on any atom is 0.251 e. The van der Waals surface area contributed by atoms with Crippen LogP contribution in [0.3, 0.4) is 0 Å². The van der Waals surface area contributed by atoms with Crippen molar-refractivity contribution in [3.8, 4) is 11.8 Å². The van der Waals surface area contributed by atoms with Crippen LogP contribution in [0.25, 0.3) is 0 Å². The van der Waals surface area contributed by atoms with Gasteiger partial charge in [-0.1, -0.05) is 11.8 Å². The number of halogens is 1. The van der Waals surface area contributed by atoms with Crippen molar-refractivity contribution in [2.75, 3.05) is 25.9 Å². The predicted molar refractivity (Wildman–Crippen MR) is 77.5 cm³/mol. The summed E-state index contributed by atoms with van der Waals surface area (Å²) in [5.74, 6) is 3.96. The van der Waals surface area contributed by atoms with Gasteiger partial charge in [0.15, 0.2) is 0 Å². The molecule has 0 heterocycles. The summed E-state index contributed by atoms with van der Waals surface area (Å²) in [5.41, 5.74) is 5.49. The third-order valence-corrected chi connectivity index (χ3v) is 3.06. The smallest absolute Gasteiger partial charge is 0.251 e. The molecule has 0 saturated heterocycles. The summed E-state index contributed by atoms with van der Waals surface area (Å²) in [7, 11) is -3.29. The summed E-state index contributed by atoms with van der Waals surface area (Å²) >= 11 is 0. The molecule has 0 unspecified atom stereocenters. The maximum atomic E-state index is 13.7. The van der Waals surface area contributed by atoms with Crippen LogP contribution in [0.1, 0.15) is 15.9 Å². The van der Waals surface area contributed by atoms with Gasteiger partial charge in [0.05, 0.1) is 18.4 Å². The summed E-state index contributed by atoms with van der Waals surface area (Å²) in [6, 6.07) is 3.89. The lowest BCUT2D eigenvalue weighted by Gasteiger charge is -2.06. The average molecular weight is 313 g/mol. The minimum atomic E-state index is -3.29. The Morgan fingerprint density at radius 2 is 2.10 bits per heavy atom. The Hall–Kier alpha value is -1.95. The van der Waals surface area contributed by atoms with Crippen molar-refractivity contribution in [3.05, 3.63) is 35.1 Å². The minimum absolute atomic E-state index is 0.0626. The molecule has 0 aliphatic heterocycles. The van der Waals surface area contributed by atoms with Crippen molar-refractivity contribution in [1.29, 1.82) is 0 Å². The molecule has 21 heavy (non-hydrogen) atoms. The second-order valence-electron chi connectivity index (χ2n) is 4.12. The number of hydrogen-bond donors (Lipinski definition) is 3. The Kier molecular flexibility index (Phi) is 6.30. The molecule has 1 rings (SSSR count). The molecule has 0 atom stereocenters. The molecule has 4 N–H and O–H groups in total. The van der Waals surface area contributed by atoms with Crippen LogP contribution in [0.2, 0.25) is 0 Å². The zero-order valence-corrected chi connectivity index (χ0v) is 12.3. The zero-order chi connectivity index (χ0) is 15.9. The van der Waals surface area contributed by atoms with E-state index in [2.05, 4.69) is 21.9 Å². The first-order chi connectivity index (χ1) is 9.83. The molecule has 0 aromatic heterocycles. The number of hydrogen-bond acceptors (Lipinski definition) is 4. The molecule has 114 valence electrons. The average Bonchev–Trinajstić information content (AvgIpc) is 2.41. The topological polar surface area (TPSA) is 101 Å². The molecule has 1 amide bonds. The Balaban J connectivity index is 2.61. The van der Waals surface area contributed by atoms with Gasteiger partial charge in [0.2, 0.25) is 10.0 Å². The number of carbonyl (C=O) groups is 1. The van der Waals surface area contributed by atoms with Crippen molar-refractivity contribution in [1.82, 2.24) is 10.0 Å². The highest BCUT2D eigenvalue weighted by Crippen LogP contribution is 2.09. The minimum Gasteiger partial charge on any atom is -0.351 e. The lowest BCUT2D eigenvalue weighted by Crippen LogP contribution is -2.34. The fourth-order valence-corrected chi connectivity index (χ4v) is 1.89. The van der Waals surface area contributed by atoms with Crippen molar-refractivity contribution >= 4 is 15.9 Å². The van der Waals surface area contributed by atoms with Crippen LogP contribution in [0.4, 0.5) is 4.39 Å². The van der Waals surface area contributed by atoms with Crippen LogP contribution in [0.5, 0.6) is 0 Å². The number of amides is 1. The number of carbonyl (C=O) groups excluding carboxylic acids is 1. The monoisotopic (exact) mass is 313 g/mol. The first-order valence-electron chi connectivity index (χ1n) is 6.05. The highest BCUT2D eigenvalue weighted by atomic mass is 32.2. The van der Waals surface area contributed by atoms with Gasteiger partial charge >= 0.3 is 0 Å². The van der Waals surface area contributed by atoms with Gasteiger partial charge in [0.1, 0.15) is 5.82 Å². The van der Waals surface area contributed by atoms with Gasteiger partial charge in [-0.3, -0.25) is 4.79 Å². The van der Waals surface area contributed by atoms with Gasteiger partial charge in [-0.25, -0.2) is 17.5 Å². The van der Waals surface area contributed by atoms with Gasteiger partial charge in [-0.05, 0) is 18.2 Å². The molecule has 0 aliphatic carbocycles. The zero-order valence-electron chi connectivity index (χ0n) is 11.4. The molecule has 0 bridgehead atoms. The number of rotatable bonds is 5. The standard InChI is InChI=1S/C13H16FN3O3S/c1-21(19,20)17-8-7-16-13(18)11-5-4-10(3-2-6-15)12(14)9-11/h4-5,9,17H,6-8,15H2,1H3,(H,16,18). The van der Waals surface area contributed by atoms with Crippen LogP contribution < -0.4 is 15.8 Å². The molecule has 0 radical (unpaired) electrons. The highest BCUT2D eigenvalue weighted by molar-refractivity contribution is 7.88. The molecule has 8 heteroatoms. The summed E-state index contributed by atoms with van der Waals surface area (Å²) < 4.78 is 37.5. The quantitative estimate of drug-likeness (QED) is 0.500. The maximum absolute atomic E-state index is 13.7. The van der Waals surface area contributed by atoms with Crippen LogP contribution in [0, 0.1) is 17.7 Å². The highest BCUT2D eigenvalue weighted by Gasteiger charge is 2.08. The van der Waals surface area contributed by atoms with Crippen molar-refractivity contribution in [2.24, 2.45) is 5.73 Å². The van der Waals surface area contributed by atoms with E-state index in [1.165, 1.54) is 12.1 Å². The molecular weight excluding hydrogens is 297 g/mol. The summed E-state index contributed by atoms with van der Waals surface area (Å²) in [6.07, 6.45) is 1.02. The number of nitrogens with one attached hydrogen (secondary N) is 2. The van der Waals surface area contributed by atoms with Crippen molar-refractivity contribution in [2.45, 2.75) is 0 Å². The van der Waals surface area contributed by atoms with Gasteiger partial charge < -0.3 is 11.1 Å². The van der Waals surface area contributed by atoms with E-state index in [1.807, 2.05) is 0 Å². The second-order valence-corrected chi connectivity index (χ2v) is 5.96. The molecule has 1 aromatic carbocycles. The molecule has 0 spiro atoms. The SMILES string of the molecule is CS(=O)(=O)NCCNC(=O)c1ccc(C#CCN)c(F)c1. The fraction of sp³-hybridized carbons (Fsp3) is 0.308. The van der Waals surface area contributed by atoms with E-state index in [4.69, 9.17) is 5.73 Å². The lowest BCUT2D eigenvalue weighted by molar-refractivity contribution is 0.0954. The Morgan fingerprint density at radius 3 is 2.67 bits per heavy atom. The molecule has 1 aromatic rings. The number of benzene rings is 1. The fourth-order valence-electron chi connectivity index (χ4n) is 1.42. The molecule has 0 saturated carbocycles. The van der Waals surface area contributed by atoms with E-state index in [0.29, 0.717) is 0 Å². The van der Waals surface area contributed by atoms with Gasteiger partial charge in [0, 0.05) is 18.7 Å². The molecule has 6 nitrogen and oxygen atoms in total. The lowest BCUT2D eigenvalue weighted by atomic mass is 10.1. The third kappa shape index (κ3) is 6.35. The van der Waals surface area contributed by atoms with E-state index < -0.39 is 21.7 Å². The predicted octanol–water partition coefficient (Wildman–Crippen LogP) is -0.585. The van der Waals surface area contributed by atoms with E-state index in [9.17, 15) is 17.6 Å². The van der Waals surface area contributed by atoms with Crippen LogP contribution in [0.15, 0.2) is 18.2 Å². The summed E-state index contributed by atoms with van der Waals surface area (Å²) in [4.78, 5) is 11.7. The number of nitrogens with two attached hydrogens (primary N) is 1. The first-order valence-corrected chi connectivity index (χ1v) is 7.94. The van der Waals surface area contributed by atoms with Gasteiger partial charge in [-0.2, -0.15) is 0 Å². The normalized spacial score (nSPS) is 10.6. The van der Waals surface area contributed by atoms with Crippen LogP contribution in [-0.2, 0) is 10.0 Å². The Bertz CT molecular complexity index is 678. The summed E-state index contributed by atoms with van der Waals surface area (Å²) in [5, 5.41) is 2.47.